The Morgan fingerprint density at radius 3 is 3.07 bits per heavy atom. The van der Waals surface area contributed by atoms with Crippen LogP contribution in [0.2, 0.25) is 5.02 Å². The summed E-state index contributed by atoms with van der Waals surface area (Å²) in [7, 11) is 0. The van der Waals surface area contributed by atoms with Crippen LogP contribution in [0.1, 0.15) is 12.0 Å². The van der Waals surface area contributed by atoms with Crippen molar-refractivity contribution in [2.75, 3.05) is 24.5 Å². The third kappa shape index (κ3) is 4.12. The Balaban J connectivity index is 1.26. The Bertz CT molecular complexity index is 1050. The average Bonchev–Trinajstić information content (AvgIpc) is 3.29. The highest BCUT2D eigenvalue weighted by Crippen LogP contribution is 2.22. The van der Waals surface area contributed by atoms with E-state index in [-0.39, 0.29) is 17.6 Å². The van der Waals surface area contributed by atoms with Gasteiger partial charge in [0.25, 0.3) is 5.56 Å². The van der Waals surface area contributed by atoms with E-state index in [1.165, 1.54) is 12.4 Å². The van der Waals surface area contributed by atoms with Crippen LogP contribution in [0.15, 0.2) is 41.6 Å². The number of amides is 2. The molecule has 9 heteroatoms. The maximum Gasteiger partial charge on any atom is 0.315 e. The Labute approximate surface area is 166 Å². The standard InChI is InChI=1S/C19H21ClN6O2/c20-13-1-2-16-15(7-13)12(9-22-16)3-5-21-19(28)25-14-4-6-26(10-14)17-8-18(27)24-11-23-17/h1-2,7-9,11,14,22H,3-6,10H2,(H2,21,25,28)(H,23,24,27). The van der Waals surface area contributed by atoms with Crippen LogP contribution in [0.25, 0.3) is 10.9 Å². The molecule has 28 heavy (non-hydrogen) atoms. The highest BCUT2D eigenvalue weighted by molar-refractivity contribution is 6.31. The fourth-order valence-corrected chi connectivity index (χ4v) is 3.69. The van der Waals surface area contributed by atoms with Crippen LogP contribution in [0.5, 0.6) is 0 Å². The number of hydrogen-bond acceptors (Lipinski definition) is 4. The van der Waals surface area contributed by atoms with Gasteiger partial charge in [0.2, 0.25) is 0 Å². The number of aromatic nitrogens is 3. The van der Waals surface area contributed by atoms with Gasteiger partial charge in [-0.15, -0.1) is 0 Å². The highest BCUT2D eigenvalue weighted by Gasteiger charge is 2.24. The zero-order valence-electron chi connectivity index (χ0n) is 15.2. The summed E-state index contributed by atoms with van der Waals surface area (Å²) in [4.78, 5) is 35.5. The van der Waals surface area contributed by atoms with E-state index in [2.05, 4.69) is 25.6 Å². The number of carbonyl (C=O) groups excluding carboxylic acids is 1. The van der Waals surface area contributed by atoms with E-state index in [0.29, 0.717) is 30.4 Å². The summed E-state index contributed by atoms with van der Waals surface area (Å²) in [6.07, 6.45) is 4.86. The largest absolute Gasteiger partial charge is 0.361 e. The third-order valence-electron chi connectivity index (χ3n) is 4.92. The first-order chi connectivity index (χ1) is 13.6. The van der Waals surface area contributed by atoms with E-state index in [9.17, 15) is 9.59 Å². The van der Waals surface area contributed by atoms with E-state index in [1.54, 1.807) is 0 Å². The summed E-state index contributed by atoms with van der Waals surface area (Å²) < 4.78 is 0. The molecule has 4 rings (SSSR count). The Morgan fingerprint density at radius 2 is 2.21 bits per heavy atom. The number of benzene rings is 1. The maximum absolute atomic E-state index is 12.2. The lowest BCUT2D eigenvalue weighted by Gasteiger charge is -2.17. The summed E-state index contributed by atoms with van der Waals surface area (Å²) in [5, 5.41) is 7.66. The van der Waals surface area contributed by atoms with Crippen molar-refractivity contribution in [3.05, 3.63) is 57.7 Å². The van der Waals surface area contributed by atoms with Crippen molar-refractivity contribution in [2.24, 2.45) is 0 Å². The Morgan fingerprint density at radius 1 is 1.32 bits per heavy atom. The van der Waals surface area contributed by atoms with Gasteiger partial charge >= 0.3 is 6.03 Å². The van der Waals surface area contributed by atoms with Gasteiger partial charge in [0, 0.05) is 53.9 Å². The number of urea groups is 1. The van der Waals surface area contributed by atoms with Gasteiger partial charge in [-0.2, -0.15) is 0 Å². The molecule has 146 valence electrons. The second-order valence-corrected chi connectivity index (χ2v) is 7.29. The molecule has 1 unspecified atom stereocenters. The van der Waals surface area contributed by atoms with E-state index >= 15 is 0 Å². The molecule has 1 atom stereocenters. The van der Waals surface area contributed by atoms with Crippen molar-refractivity contribution in [2.45, 2.75) is 18.9 Å². The van der Waals surface area contributed by atoms with Crippen molar-refractivity contribution in [3.63, 3.8) is 0 Å². The fraction of sp³-hybridized carbons (Fsp3) is 0.316. The molecular formula is C19H21ClN6O2. The number of rotatable bonds is 5. The molecule has 0 aliphatic carbocycles. The monoisotopic (exact) mass is 400 g/mol. The third-order valence-corrected chi connectivity index (χ3v) is 5.16. The Hall–Kier alpha value is -3.00. The number of halogens is 1. The Kier molecular flexibility index (Phi) is 5.21. The number of nitrogens with one attached hydrogen (secondary N) is 4. The first-order valence-corrected chi connectivity index (χ1v) is 9.56. The number of fused-ring (bicyclic) bond motifs is 1. The molecule has 0 saturated carbocycles. The first-order valence-electron chi connectivity index (χ1n) is 9.18. The van der Waals surface area contributed by atoms with Crippen molar-refractivity contribution in [1.29, 1.82) is 0 Å². The molecule has 0 bridgehead atoms. The van der Waals surface area contributed by atoms with Gasteiger partial charge in [-0.1, -0.05) is 11.6 Å². The minimum atomic E-state index is -0.191. The first kappa shape index (κ1) is 18.4. The van der Waals surface area contributed by atoms with Crippen LogP contribution in [-0.4, -0.2) is 46.7 Å². The number of nitrogens with zero attached hydrogens (tertiary/aromatic N) is 2. The maximum atomic E-state index is 12.2. The molecule has 8 nitrogen and oxygen atoms in total. The number of anilines is 1. The van der Waals surface area contributed by atoms with Crippen molar-refractivity contribution >= 4 is 34.4 Å². The average molecular weight is 401 g/mol. The molecule has 1 aliphatic rings. The summed E-state index contributed by atoms with van der Waals surface area (Å²) in [5.41, 5.74) is 1.96. The second-order valence-electron chi connectivity index (χ2n) is 6.85. The molecule has 2 amide bonds. The van der Waals surface area contributed by atoms with E-state index < -0.39 is 0 Å². The molecule has 3 aromatic rings. The lowest BCUT2D eigenvalue weighted by molar-refractivity contribution is 0.238. The summed E-state index contributed by atoms with van der Waals surface area (Å²) >= 11 is 6.07. The summed E-state index contributed by atoms with van der Waals surface area (Å²) in [6.45, 7) is 1.90. The number of hydrogen-bond donors (Lipinski definition) is 4. The molecule has 4 N–H and O–H groups in total. The minimum absolute atomic E-state index is 0.0213. The predicted molar refractivity (Wildman–Crippen MR) is 109 cm³/mol. The van der Waals surface area contributed by atoms with Gasteiger partial charge in [0.1, 0.15) is 5.82 Å². The van der Waals surface area contributed by atoms with Crippen LogP contribution < -0.4 is 21.1 Å². The molecular weight excluding hydrogens is 380 g/mol. The molecule has 1 aliphatic heterocycles. The normalized spacial score (nSPS) is 16.5. The number of aromatic amines is 2. The lowest BCUT2D eigenvalue weighted by Crippen LogP contribution is -2.44. The van der Waals surface area contributed by atoms with Crippen molar-refractivity contribution in [1.82, 2.24) is 25.6 Å². The van der Waals surface area contributed by atoms with Crippen LogP contribution in [0, 0.1) is 0 Å². The molecule has 1 aromatic carbocycles. The second kappa shape index (κ2) is 7.93. The van der Waals surface area contributed by atoms with Crippen LogP contribution >= 0.6 is 11.6 Å². The topological polar surface area (TPSA) is 106 Å². The van der Waals surface area contributed by atoms with Gasteiger partial charge in [0.15, 0.2) is 0 Å². The zero-order chi connectivity index (χ0) is 19.5. The van der Waals surface area contributed by atoms with Gasteiger partial charge in [-0.25, -0.2) is 9.78 Å². The lowest BCUT2D eigenvalue weighted by atomic mass is 10.1. The van der Waals surface area contributed by atoms with Gasteiger partial charge in [-0.05, 0) is 36.6 Å². The van der Waals surface area contributed by atoms with E-state index in [0.717, 1.165) is 29.4 Å². The minimum Gasteiger partial charge on any atom is -0.361 e. The predicted octanol–water partition coefficient (Wildman–Crippen LogP) is 2.03. The smallest absolute Gasteiger partial charge is 0.315 e. The molecule has 3 heterocycles. The number of H-pyrrole nitrogens is 2. The number of carbonyl (C=O) groups is 1. The van der Waals surface area contributed by atoms with Gasteiger partial charge in [-0.3, -0.25) is 4.79 Å². The van der Waals surface area contributed by atoms with Crippen LogP contribution in [-0.2, 0) is 6.42 Å². The quantitative estimate of drug-likeness (QED) is 0.525. The van der Waals surface area contributed by atoms with Crippen molar-refractivity contribution < 1.29 is 4.79 Å². The molecule has 1 fully saturated rings. The molecule has 2 aromatic heterocycles. The zero-order valence-corrected chi connectivity index (χ0v) is 15.9. The van der Waals surface area contributed by atoms with E-state index in [1.807, 2.05) is 29.3 Å². The molecule has 1 saturated heterocycles. The summed E-state index contributed by atoms with van der Waals surface area (Å²) in [6, 6.07) is 7.02. The SMILES string of the molecule is O=C(NCCc1c[nH]c2ccc(Cl)cc12)NC1CCN(c2cc(=O)[nH]cn2)C1. The molecule has 0 radical (unpaired) electrons. The highest BCUT2D eigenvalue weighted by atomic mass is 35.5. The van der Waals surface area contributed by atoms with E-state index in [4.69, 9.17) is 11.6 Å². The summed E-state index contributed by atoms with van der Waals surface area (Å²) in [5.74, 6) is 0.631. The van der Waals surface area contributed by atoms with Crippen LogP contribution in [0.3, 0.4) is 0 Å². The van der Waals surface area contributed by atoms with Gasteiger partial charge in [0.05, 0.1) is 6.33 Å². The van der Waals surface area contributed by atoms with Crippen LogP contribution in [0.4, 0.5) is 10.6 Å². The fourth-order valence-electron chi connectivity index (χ4n) is 3.52. The van der Waals surface area contributed by atoms with Gasteiger partial charge < -0.3 is 25.5 Å². The van der Waals surface area contributed by atoms with Crippen molar-refractivity contribution in [3.8, 4) is 0 Å². The molecule has 0 spiro atoms.